The topological polar surface area (TPSA) is 75.5 Å². The van der Waals surface area contributed by atoms with Crippen molar-refractivity contribution < 1.29 is 19.0 Å². The third-order valence-corrected chi connectivity index (χ3v) is 3.39. The Bertz CT molecular complexity index is 682. The van der Waals surface area contributed by atoms with Crippen LogP contribution in [0.4, 0.5) is 10.2 Å². The highest BCUT2D eigenvalue weighted by Crippen LogP contribution is 2.19. The van der Waals surface area contributed by atoms with Crippen LogP contribution in [-0.2, 0) is 11.3 Å². The molecule has 0 aliphatic rings. The molecule has 1 aromatic heterocycles. The molecule has 0 fully saturated rings. The number of halogens is 2. The van der Waals surface area contributed by atoms with Crippen molar-refractivity contribution in [1.82, 2.24) is 9.97 Å². The molecule has 0 aliphatic heterocycles. The molecule has 0 saturated heterocycles. The standard InChI is InChI=1S/C15H15ClFN3O3/c1-23-5-4-20(9-10-2-3-12(17)11(16)6-10)14-8-18-13(7-19-14)15(21)22/h2-3,6-8H,4-5,9H2,1H3,(H,21,22). The van der Waals surface area contributed by atoms with Gasteiger partial charge in [-0.25, -0.2) is 19.2 Å². The number of carbonyl (C=O) groups is 1. The van der Waals surface area contributed by atoms with E-state index < -0.39 is 11.8 Å². The number of ether oxygens (including phenoxy) is 1. The molecule has 0 unspecified atom stereocenters. The van der Waals surface area contributed by atoms with E-state index in [1.165, 1.54) is 24.5 Å². The van der Waals surface area contributed by atoms with Crippen LogP contribution in [0.3, 0.4) is 0 Å². The number of carboxylic acid groups (broad SMARTS) is 1. The molecule has 1 N–H and O–H groups in total. The van der Waals surface area contributed by atoms with E-state index in [0.29, 0.717) is 25.5 Å². The number of hydrogen-bond acceptors (Lipinski definition) is 5. The van der Waals surface area contributed by atoms with Gasteiger partial charge in [0, 0.05) is 20.2 Å². The quantitative estimate of drug-likeness (QED) is 0.835. The predicted molar refractivity (Wildman–Crippen MR) is 83.3 cm³/mol. The van der Waals surface area contributed by atoms with E-state index in [0.717, 1.165) is 5.56 Å². The molecule has 1 heterocycles. The van der Waals surface area contributed by atoms with Crippen LogP contribution in [-0.4, -0.2) is 41.3 Å². The summed E-state index contributed by atoms with van der Waals surface area (Å²) in [6.45, 7) is 1.36. The first-order valence-corrected chi connectivity index (χ1v) is 7.12. The number of benzene rings is 1. The van der Waals surface area contributed by atoms with Crippen LogP contribution in [0.5, 0.6) is 0 Å². The van der Waals surface area contributed by atoms with E-state index in [9.17, 15) is 9.18 Å². The zero-order chi connectivity index (χ0) is 16.8. The first-order valence-electron chi connectivity index (χ1n) is 6.74. The van der Waals surface area contributed by atoms with Gasteiger partial charge in [0.05, 0.1) is 24.0 Å². The van der Waals surface area contributed by atoms with Gasteiger partial charge in [-0.2, -0.15) is 0 Å². The first kappa shape index (κ1) is 17.1. The van der Waals surface area contributed by atoms with Gasteiger partial charge in [-0.15, -0.1) is 0 Å². The van der Waals surface area contributed by atoms with E-state index in [2.05, 4.69) is 9.97 Å². The van der Waals surface area contributed by atoms with Crippen molar-refractivity contribution in [2.24, 2.45) is 0 Å². The number of aromatic carboxylic acids is 1. The average molecular weight is 340 g/mol. The van der Waals surface area contributed by atoms with Crippen molar-refractivity contribution in [2.75, 3.05) is 25.2 Å². The fourth-order valence-corrected chi connectivity index (χ4v) is 2.13. The minimum absolute atomic E-state index is 0.0431. The zero-order valence-electron chi connectivity index (χ0n) is 12.4. The smallest absolute Gasteiger partial charge is 0.356 e. The molecule has 0 bridgehead atoms. The number of nitrogens with zero attached hydrogens (tertiary/aromatic N) is 3. The second-order valence-electron chi connectivity index (χ2n) is 4.73. The largest absolute Gasteiger partial charge is 0.476 e. The van der Waals surface area contributed by atoms with E-state index >= 15 is 0 Å². The molecular weight excluding hydrogens is 325 g/mol. The summed E-state index contributed by atoms with van der Waals surface area (Å²) < 4.78 is 18.3. The number of aromatic nitrogens is 2. The minimum atomic E-state index is -1.14. The van der Waals surface area contributed by atoms with Gasteiger partial charge in [-0.05, 0) is 17.7 Å². The molecule has 0 radical (unpaired) electrons. The molecule has 1 aromatic carbocycles. The molecule has 23 heavy (non-hydrogen) atoms. The molecule has 6 nitrogen and oxygen atoms in total. The van der Waals surface area contributed by atoms with Gasteiger partial charge >= 0.3 is 5.97 Å². The van der Waals surface area contributed by atoms with Crippen LogP contribution in [0.1, 0.15) is 16.1 Å². The summed E-state index contributed by atoms with van der Waals surface area (Å²) in [6.07, 6.45) is 2.57. The van der Waals surface area contributed by atoms with Crippen molar-refractivity contribution in [2.45, 2.75) is 6.54 Å². The molecule has 2 aromatic rings. The minimum Gasteiger partial charge on any atom is -0.476 e. The maximum Gasteiger partial charge on any atom is 0.356 e. The van der Waals surface area contributed by atoms with Crippen LogP contribution < -0.4 is 4.90 Å². The van der Waals surface area contributed by atoms with Gasteiger partial charge in [0.15, 0.2) is 5.69 Å². The van der Waals surface area contributed by atoms with Crippen molar-refractivity contribution in [3.8, 4) is 0 Å². The van der Waals surface area contributed by atoms with Crippen LogP contribution >= 0.6 is 11.6 Å². The highest BCUT2D eigenvalue weighted by atomic mass is 35.5. The summed E-state index contributed by atoms with van der Waals surface area (Å²) in [6, 6.07) is 4.46. The van der Waals surface area contributed by atoms with Crippen LogP contribution in [0.15, 0.2) is 30.6 Å². The highest BCUT2D eigenvalue weighted by molar-refractivity contribution is 6.30. The van der Waals surface area contributed by atoms with E-state index in [-0.39, 0.29) is 10.7 Å². The first-order chi connectivity index (χ1) is 11.0. The number of carboxylic acids is 1. The SMILES string of the molecule is COCCN(Cc1ccc(F)c(Cl)c1)c1cnc(C(=O)O)cn1. The Labute approximate surface area is 137 Å². The van der Waals surface area contributed by atoms with E-state index in [4.69, 9.17) is 21.4 Å². The van der Waals surface area contributed by atoms with Crippen molar-refractivity contribution in [3.05, 3.63) is 52.7 Å². The monoisotopic (exact) mass is 339 g/mol. The Morgan fingerprint density at radius 3 is 2.74 bits per heavy atom. The predicted octanol–water partition coefficient (Wildman–Crippen LogP) is 2.62. The van der Waals surface area contributed by atoms with Gasteiger partial charge in [0.25, 0.3) is 0 Å². The summed E-state index contributed by atoms with van der Waals surface area (Å²) in [5.41, 5.74) is 0.655. The average Bonchev–Trinajstić information content (AvgIpc) is 2.55. The lowest BCUT2D eigenvalue weighted by Crippen LogP contribution is -2.28. The van der Waals surface area contributed by atoms with Crippen molar-refractivity contribution in [1.29, 1.82) is 0 Å². The Kier molecular flexibility index (Phi) is 5.84. The molecule has 0 atom stereocenters. The molecule has 0 spiro atoms. The summed E-state index contributed by atoms with van der Waals surface area (Å²) >= 11 is 5.79. The Balaban J connectivity index is 2.21. The van der Waals surface area contributed by atoms with E-state index in [1.807, 2.05) is 4.90 Å². The lowest BCUT2D eigenvalue weighted by Gasteiger charge is -2.23. The Morgan fingerprint density at radius 1 is 1.39 bits per heavy atom. The molecule has 0 amide bonds. The highest BCUT2D eigenvalue weighted by Gasteiger charge is 2.12. The van der Waals surface area contributed by atoms with Gasteiger partial charge < -0.3 is 14.7 Å². The molecule has 8 heteroatoms. The lowest BCUT2D eigenvalue weighted by atomic mass is 10.2. The summed E-state index contributed by atoms with van der Waals surface area (Å²) in [5.74, 6) is -1.13. The fourth-order valence-electron chi connectivity index (χ4n) is 1.93. The zero-order valence-corrected chi connectivity index (χ0v) is 13.1. The second-order valence-corrected chi connectivity index (χ2v) is 5.14. The number of rotatable bonds is 7. The molecule has 0 saturated carbocycles. The van der Waals surface area contributed by atoms with Gasteiger partial charge in [0.1, 0.15) is 11.6 Å². The third kappa shape index (κ3) is 4.61. The van der Waals surface area contributed by atoms with Gasteiger partial charge in [-0.1, -0.05) is 17.7 Å². The number of anilines is 1. The Morgan fingerprint density at radius 2 is 2.17 bits per heavy atom. The van der Waals surface area contributed by atoms with Crippen LogP contribution in [0.2, 0.25) is 5.02 Å². The maximum atomic E-state index is 13.2. The van der Waals surface area contributed by atoms with Crippen molar-refractivity contribution >= 4 is 23.4 Å². The number of methoxy groups -OCH3 is 1. The fraction of sp³-hybridized carbons (Fsp3) is 0.267. The van der Waals surface area contributed by atoms with Crippen LogP contribution in [0.25, 0.3) is 0 Å². The second kappa shape index (κ2) is 7.85. The van der Waals surface area contributed by atoms with E-state index in [1.54, 1.807) is 13.2 Å². The summed E-state index contributed by atoms with van der Waals surface area (Å²) in [7, 11) is 1.58. The number of hydrogen-bond donors (Lipinski definition) is 1. The maximum absolute atomic E-state index is 13.2. The molecule has 0 aliphatic carbocycles. The normalized spacial score (nSPS) is 10.6. The third-order valence-electron chi connectivity index (χ3n) is 3.10. The Hall–Kier alpha value is -2.25. The lowest BCUT2D eigenvalue weighted by molar-refractivity contribution is 0.0690. The van der Waals surface area contributed by atoms with Crippen molar-refractivity contribution in [3.63, 3.8) is 0 Å². The molecule has 2 rings (SSSR count). The van der Waals surface area contributed by atoms with Gasteiger partial charge in [0.2, 0.25) is 0 Å². The summed E-state index contributed by atoms with van der Waals surface area (Å²) in [5, 5.41) is 8.90. The van der Waals surface area contributed by atoms with Gasteiger partial charge in [-0.3, -0.25) is 0 Å². The summed E-state index contributed by atoms with van der Waals surface area (Å²) in [4.78, 5) is 20.6. The molecule has 122 valence electrons. The molecular formula is C15H15ClFN3O3. The van der Waals surface area contributed by atoms with Crippen LogP contribution in [0, 0.1) is 5.82 Å².